The van der Waals surface area contributed by atoms with E-state index in [0.29, 0.717) is 5.02 Å². The highest BCUT2D eigenvalue weighted by Gasteiger charge is 2.11. The van der Waals surface area contributed by atoms with Gasteiger partial charge < -0.3 is 5.32 Å². The van der Waals surface area contributed by atoms with Crippen LogP contribution in [0.2, 0.25) is 5.02 Å². The Morgan fingerprint density at radius 3 is 3.00 bits per heavy atom. The van der Waals surface area contributed by atoms with Crippen LogP contribution in [0.5, 0.6) is 0 Å². The summed E-state index contributed by atoms with van der Waals surface area (Å²) < 4.78 is 0.872. The second-order valence-electron chi connectivity index (χ2n) is 3.13. The van der Waals surface area contributed by atoms with Crippen molar-refractivity contribution in [1.29, 1.82) is 0 Å². The Bertz CT molecular complexity index is 501. The lowest BCUT2D eigenvalue weighted by Crippen LogP contribution is -2.04. The van der Waals surface area contributed by atoms with Crippen LogP contribution in [-0.2, 0) is 6.54 Å². The number of hydrogen-bond acceptors (Lipinski definition) is 4. The van der Waals surface area contributed by atoms with E-state index < -0.39 is 0 Å². The summed E-state index contributed by atoms with van der Waals surface area (Å²) in [6.45, 7) is 0.725. The van der Waals surface area contributed by atoms with E-state index in [9.17, 15) is 0 Å². The maximum absolute atomic E-state index is 6.19. The van der Waals surface area contributed by atoms with E-state index in [1.165, 1.54) is 0 Å². The van der Waals surface area contributed by atoms with Gasteiger partial charge >= 0.3 is 0 Å². The largest absolute Gasteiger partial charge is 0.313 e. The minimum atomic E-state index is 0.676. The maximum Gasteiger partial charge on any atom is 0.149 e. The van der Waals surface area contributed by atoms with Crippen LogP contribution < -0.4 is 5.32 Å². The summed E-state index contributed by atoms with van der Waals surface area (Å²) in [7, 11) is 1.88. The molecule has 1 aromatic heterocycles. The number of hydrogen-bond donors (Lipinski definition) is 1. The quantitative estimate of drug-likeness (QED) is 0.943. The topological polar surface area (TPSA) is 37.8 Å². The first kappa shape index (κ1) is 12.0. The molecule has 0 bridgehead atoms. The fraction of sp³-hybridized carbons (Fsp3) is 0.200. The smallest absolute Gasteiger partial charge is 0.149 e. The third-order valence-corrected chi connectivity index (χ3v) is 4.23. The molecular formula is C10H9BrClN3S. The van der Waals surface area contributed by atoms with E-state index in [1.54, 1.807) is 11.3 Å². The summed E-state index contributed by atoms with van der Waals surface area (Å²) in [6.07, 6.45) is 0. The number of rotatable bonds is 3. The number of benzene rings is 1. The third kappa shape index (κ3) is 2.43. The van der Waals surface area contributed by atoms with Crippen molar-refractivity contribution in [3.63, 3.8) is 0 Å². The molecule has 0 radical (unpaired) electrons. The van der Waals surface area contributed by atoms with Crippen LogP contribution in [0.3, 0.4) is 0 Å². The highest BCUT2D eigenvalue weighted by atomic mass is 79.9. The zero-order chi connectivity index (χ0) is 11.5. The molecule has 2 rings (SSSR count). The van der Waals surface area contributed by atoms with Crippen molar-refractivity contribution in [2.24, 2.45) is 0 Å². The van der Waals surface area contributed by atoms with Gasteiger partial charge in [-0.25, -0.2) is 0 Å². The molecule has 1 aromatic carbocycles. The summed E-state index contributed by atoms with van der Waals surface area (Å²) in [5.41, 5.74) is 0.913. The van der Waals surface area contributed by atoms with E-state index in [-0.39, 0.29) is 0 Å². The zero-order valence-electron chi connectivity index (χ0n) is 8.50. The van der Waals surface area contributed by atoms with E-state index >= 15 is 0 Å². The molecule has 0 aliphatic rings. The Balaban J connectivity index is 2.39. The minimum absolute atomic E-state index is 0.676. The highest BCUT2D eigenvalue weighted by Crippen LogP contribution is 2.34. The molecule has 84 valence electrons. The number of aromatic nitrogens is 2. The molecule has 0 atom stereocenters. The van der Waals surface area contributed by atoms with Crippen molar-refractivity contribution >= 4 is 38.9 Å². The second-order valence-corrected chi connectivity index (χ2v) is 5.43. The van der Waals surface area contributed by atoms with Gasteiger partial charge in [-0.15, -0.1) is 10.2 Å². The van der Waals surface area contributed by atoms with Gasteiger partial charge in [0.1, 0.15) is 10.0 Å². The van der Waals surface area contributed by atoms with Gasteiger partial charge in [0.2, 0.25) is 0 Å². The third-order valence-electron chi connectivity index (χ3n) is 1.98. The molecule has 0 aliphatic heterocycles. The molecule has 0 amide bonds. The second kappa shape index (κ2) is 5.23. The Morgan fingerprint density at radius 2 is 2.25 bits per heavy atom. The molecule has 6 heteroatoms. The van der Waals surface area contributed by atoms with Crippen LogP contribution in [-0.4, -0.2) is 17.2 Å². The van der Waals surface area contributed by atoms with E-state index in [4.69, 9.17) is 11.6 Å². The number of nitrogens with zero attached hydrogens (tertiary/aromatic N) is 2. The van der Waals surface area contributed by atoms with Crippen LogP contribution in [0.1, 0.15) is 5.01 Å². The molecule has 0 spiro atoms. The first-order valence-electron chi connectivity index (χ1n) is 4.63. The van der Waals surface area contributed by atoms with Crippen molar-refractivity contribution < 1.29 is 0 Å². The first-order valence-corrected chi connectivity index (χ1v) is 6.62. The van der Waals surface area contributed by atoms with Crippen LogP contribution in [0.15, 0.2) is 22.7 Å². The maximum atomic E-state index is 6.19. The van der Waals surface area contributed by atoms with Gasteiger partial charge in [0.25, 0.3) is 0 Å². The van der Waals surface area contributed by atoms with Gasteiger partial charge in [0.15, 0.2) is 0 Å². The van der Waals surface area contributed by atoms with E-state index in [0.717, 1.165) is 26.6 Å². The standard InChI is InChI=1S/C10H9BrClN3S/c1-13-5-8-14-15-10(16-8)6-3-2-4-7(11)9(6)12/h2-4,13H,5H2,1H3. The average Bonchev–Trinajstić information content (AvgIpc) is 2.71. The molecule has 0 saturated heterocycles. The molecule has 3 nitrogen and oxygen atoms in total. The van der Waals surface area contributed by atoms with Crippen LogP contribution in [0.4, 0.5) is 0 Å². The molecule has 1 heterocycles. The molecule has 0 fully saturated rings. The molecule has 0 saturated carbocycles. The Labute approximate surface area is 111 Å². The minimum Gasteiger partial charge on any atom is -0.313 e. The van der Waals surface area contributed by atoms with Crippen LogP contribution in [0.25, 0.3) is 10.6 Å². The molecule has 2 aromatic rings. The van der Waals surface area contributed by atoms with Crippen molar-refractivity contribution in [3.8, 4) is 10.6 Å². The van der Waals surface area contributed by atoms with E-state index in [2.05, 4.69) is 31.4 Å². The summed E-state index contributed by atoms with van der Waals surface area (Å²) in [5.74, 6) is 0. The molecule has 0 aliphatic carbocycles. The lowest BCUT2D eigenvalue weighted by atomic mass is 10.2. The fourth-order valence-corrected chi connectivity index (χ4v) is 2.77. The van der Waals surface area contributed by atoms with Crippen molar-refractivity contribution in [2.45, 2.75) is 6.54 Å². The number of nitrogens with one attached hydrogen (secondary N) is 1. The van der Waals surface area contributed by atoms with E-state index in [1.807, 2.05) is 25.2 Å². The summed E-state index contributed by atoms with van der Waals surface area (Å²) in [5, 5.41) is 13.7. The molecule has 1 N–H and O–H groups in total. The van der Waals surface area contributed by atoms with Crippen molar-refractivity contribution in [2.75, 3.05) is 7.05 Å². The predicted molar refractivity (Wildman–Crippen MR) is 70.8 cm³/mol. The SMILES string of the molecule is CNCc1nnc(-c2cccc(Br)c2Cl)s1. The normalized spacial score (nSPS) is 10.7. The molecular weight excluding hydrogens is 310 g/mol. The Morgan fingerprint density at radius 1 is 1.44 bits per heavy atom. The Kier molecular flexibility index (Phi) is 3.91. The lowest BCUT2D eigenvalue weighted by molar-refractivity contribution is 0.795. The van der Waals surface area contributed by atoms with Crippen molar-refractivity contribution in [1.82, 2.24) is 15.5 Å². The van der Waals surface area contributed by atoms with Crippen molar-refractivity contribution in [3.05, 3.63) is 32.7 Å². The zero-order valence-corrected chi connectivity index (χ0v) is 11.7. The molecule has 0 unspecified atom stereocenters. The summed E-state index contributed by atoms with van der Waals surface area (Å²) >= 11 is 11.1. The van der Waals surface area contributed by atoms with Gasteiger partial charge in [-0.3, -0.25) is 0 Å². The fourth-order valence-electron chi connectivity index (χ4n) is 1.25. The molecule has 16 heavy (non-hydrogen) atoms. The summed E-state index contributed by atoms with van der Waals surface area (Å²) in [6, 6.07) is 5.78. The average molecular weight is 319 g/mol. The lowest BCUT2D eigenvalue weighted by Gasteiger charge is -2.00. The first-order chi connectivity index (χ1) is 7.72. The number of halogens is 2. The summed E-state index contributed by atoms with van der Waals surface area (Å²) in [4.78, 5) is 0. The van der Waals surface area contributed by atoms with Crippen LogP contribution >= 0.6 is 38.9 Å². The van der Waals surface area contributed by atoms with Gasteiger partial charge in [0.05, 0.1) is 5.02 Å². The van der Waals surface area contributed by atoms with Gasteiger partial charge in [-0.1, -0.05) is 35.1 Å². The van der Waals surface area contributed by atoms with Gasteiger partial charge in [-0.2, -0.15) is 0 Å². The van der Waals surface area contributed by atoms with Gasteiger partial charge in [-0.05, 0) is 29.0 Å². The monoisotopic (exact) mass is 317 g/mol. The highest BCUT2D eigenvalue weighted by molar-refractivity contribution is 9.10. The van der Waals surface area contributed by atoms with Gasteiger partial charge in [0, 0.05) is 16.6 Å². The predicted octanol–water partition coefficient (Wildman–Crippen LogP) is 3.34. The Hall–Kier alpha value is -0.490. The van der Waals surface area contributed by atoms with Crippen LogP contribution in [0, 0.1) is 0 Å².